The molecule has 0 bridgehead atoms. The number of aliphatic hydroxyl groups is 1. The van der Waals surface area contributed by atoms with E-state index in [0.717, 1.165) is 13.0 Å². The predicted molar refractivity (Wildman–Crippen MR) is 85.2 cm³/mol. The van der Waals surface area contributed by atoms with Crippen LogP contribution in [-0.2, 0) is 0 Å². The minimum Gasteiger partial charge on any atom is -0.395 e. The second-order valence-corrected chi connectivity index (χ2v) is 5.66. The van der Waals surface area contributed by atoms with Crippen LogP contribution in [-0.4, -0.2) is 31.3 Å². The predicted octanol–water partition coefficient (Wildman–Crippen LogP) is 3.10. The SMILES string of the molecule is CCC(NC)c1ccccc1N(CCO)C1CCCC1. The first-order valence-corrected chi connectivity index (χ1v) is 7.95. The second kappa shape index (κ2) is 7.65. The van der Waals surface area contributed by atoms with E-state index in [1.165, 1.54) is 36.9 Å². The average molecular weight is 276 g/mol. The van der Waals surface area contributed by atoms with E-state index in [-0.39, 0.29) is 6.61 Å². The largest absolute Gasteiger partial charge is 0.395 e. The third-order valence-corrected chi connectivity index (χ3v) is 4.48. The molecule has 20 heavy (non-hydrogen) atoms. The zero-order valence-electron chi connectivity index (χ0n) is 12.8. The highest BCUT2D eigenvalue weighted by atomic mass is 16.3. The molecule has 0 saturated heterocycles. The van der Waals surface area contributed by atoms with E-state index in [1.807, 2.05) is 7.05 Å². The summed E-state index contributed by atoms with van der Waals surface area (Å²) in [6.45, 7) is 3.17. The summed E-state index contributed by atoms with van der Waals surface area (Å²) in [6.07, 6.45) is 6.22. The molecule has 3 nitrogen and oxygen atoms in total. The van der Waals surface area contributed by atoms with Crippen molar-refractivity contribution in [3.63, 3.8) is 0 Å². The quantitative estimate of drug-likeness (QED) is 0.803. The number of benzene rings is 1. The van der Waals surface area contributed by atoms with E-state index < -0.39 is 0 Å². The van der Waals surface area contributed by atoms with Gasteiger partial charge in [-0.3, -0.25) is 0 Å². The first-order chi connectivity index (χ1) is 9.81. The first-order valence-electron chi connectivity index (χ1n) is 7.95. The van der Waals surface area contributed by atoms with Crippen molar-refractivity contribution in [2.45, 2.75) is 51.1 Å². The Morgan fingerprint density at radius 2 is 2.00 bits per heavy atom. The summed E-state index contributed by atoms with van der Waals surface area (Å²) >= 11 is 0. The van der Waals surface area contributed by atoms with E-state index >= 15 is 0 Å². The van der Waals surface area contributed by atoms with Gasteiger partial charge in [-0.2, -0.15) is 0 Å². The van der Waals surface area contributed by atoms with Gasteiger partial charge in [0.15, 0.2) is 0 Å². The summed E-state index contributed by atoms with van der Waals surface area (Å²) in [5.41, 5.74) is 2.66. The van der Waals surface area contributed by atoms with E-state index in [4.69, 9.17) is 0 Å². The number of anilines is 1. The molecule has 1 aromatic rings. The summed E-state index contributed by atoms with van der Waals surface area (Å²) in [4.78, 5) is 2.43. The Bertz CT molecular complexity index is 398. The molecule has 1 atom stereocenters. The summed E-state index contributed by atoms with van der Waals surface area (Å²) in [7, 11) is 2.02. The molecule has 0 spiro atoms. The van der Waals surface area contributed by atoms with Gasteiger partial charge < -0.3 is 15.3 Å². The minimum absolute atomic E-state index is 0.223. The van der Waals surface area contributed by atoms with Gasteiger partial charge in [-0.25, -0.2) is 0 Å². The number of hydrogen-bond acceptors (Lipinski definition) is 3. The maximum Gasteiger partial charge on any atom is 0.0606 e. The fourth-order valence-electron chi connectivity index (χ4n) is 3.45. The standard InChI is InChI=1S/C17H28N2O/c1-3-16(18-2)15-10-6-7-11-17(15)19(12-13-20)14-8-4-5-9-14/h6-7,10-11,14,16,18,20H,3-5,8-9,12-13H2,1-2H3. The van der Waals surface area contributed by atoms with Crippen LogP contribution in [0.5, 0.6) is 0 Å². The highest BCUT2D eigenvalue weighted by molar-refractivity contribution is 5.56. The molecule has 3 heteroatoms. The minimum atomic E-state index is 0.223. The maximum absolute atomic E-state index is 9.44. The van der Waals surface area contributed by atoms with Crippen LogP contribution in [0.3, 0.4) is 0 Å². The maximum atomic E-state index is 9.44. The van der Waals surface area contributed by atoms with E-state index in [1.54, 1.807) is 0 Å². The van der Waals surface area contributed by atoms with Gasteiger partial charge in [0, 0.05) is 24.3 Å². The number of rotatable bonds is 7. The topological polar surface area (TPSA) is 35.5 Å². The molecule has 0 heterocycles. The lowest BCUT2D eigenvalue weighted by molar-refractivity contribution is 0.297. The summed E-state index contributed by atoms with van der Waals surface area (Å²) in [6, 6.07) is 9.64. The number of hydrogen-bond donors (Lipinski definition) is 2. The molecule has 0 aromatic heterocycles. The Morgan fingerprint density at radius 1 is 1.30 bits per heavy atom. The van der Waals surface area contributed by atoms with E-state index in [2.05, 4.69) is 41.4 Å². The van der Waals surface area contributed by atoms with Crippen LogP contribution in [0.25, 0.3) is 0 Å². The lowest BCUT2D eigenvalue weighted by atomic mass is 10.0. The fraction of sp³-hybridized carbons (Fsp3) is 0.647. The molecule has 0 radical (unpaired) electrons. The Morgan fingerprint density at radius 3 is 2.60 bits per heavy atom. The van der Waals surface area contributed by atoms with Crippen LogP contribution in [0.2, 0.25) is 0 Å². The molecule has 1 fully saturated rings. The lowest BCUT2D eigenvalue weighted by Gasteiger charge is -2.34. The molecule has 1 aromatic carbocycles. The molecule has 1 aliphatic carbocycles. The van der Waals surface area contributed by atoms with Crippen LogP contribution in [0.1, 0.15) is 50.6 Å². The van der Waals surface area contributed by atoms with Gasteiger partial charge in [0.05, 0.1) is 6.61 Å². The molecule has 0 amide bonds. The van der Waals surface area contributed by atoms with Crippen LogP contribution in [0.4, 0.5) is 5.69 Å². The molecule has 2 N–H and O–H groups in total. The Labute approximate surface area is 123 Å². The van der Waals surface area contributed by atoms with E-state index in [0.29, 0.717) is 12.1 Å². The molecule has 112 valence electrons. The van der Waals surface area contributed by atoms with Crippen molar-refractivity contribution >= 4 is 5.69 Å². The van der Waals surface area contributed by atoms with Crippen LogP contribution in [0.15, 0.2) is 24.3 Å². The zero-order valence-corrected chi connectivity index (χ0v) is 12.8. The molecule has 1 unspecified atom stereocenters. The molecule has 0 aliphatic heterocycles. The highest BCUT2D eigenvalue weighted by Gasteiger charge is 2.25. The lowest BCUT2D eigenvalue weighted by Crippen LogP contribution is -2.37. The Hall–Kier alpha value is -1.06. The normalized spacial score (nSPS) is 17.4. The molecule has 1 aliphatic rings. The molecular formula is C17H28N2O. The zero-order chi connectivity index (χ0) is 14.4. The number of aliphatic hydroxyl groups excluding tert-OH is 1. The van der Waals surface area contributed by atoms with Crippen molar-refractivity contribution in [2.75, 3.05) is 25.1 Å². The van der Waals surface area contributed by atoms with Crippen molar-refractivity contribution in [3.05, 3.63) is 29.8 Å². The molecule has 2 rings (SSSR count). The summed E-state index contributed by atoms with van der Waals surface area (Å²) in [5.74, 6) is 0. The van der Waals surface area contributed by atoms with Crippen LogP contribution < -0.4 is 10.2 Å². The van der Waals surface area contributed by atoms with E-state index in [9.17, 15) is 5.11 Å². The highest BCUT2D eigenvalue weighted by Crippen LogP contribution is 2.33. The van der Waals surface area contributed by atoms with Crippen LogP contribution in [0, 0.1) is 0 Å². The summed E-state index contributed by atoms with van der Waals surface area (Å²) in [5, 5.41) is 12.9. The smallest absolute Gasteiger partial charge is 0.0606 e. The van der Waals surface area contributed by atoms with Gasteiger partial charge in [0.2, 0.25) is 0 Å². The van der Waals surface area contributed by atoms with Crippen molar-refractivity contribution in [1.29, 1.82) is 0 Å². The molecular weight excluding hydrogens is 248 g/mol. The third-order valence-electron chi connectivity index (χ3n) is 4.48. The first kappa shape index (κ1) is 15.3. The average Bonchev–Trinajstić information content (AvgIpc) is 3.01. The Kier molecular flexibility index (Phi) is 5.86. The number of para-hydroxylation sites is 1. The molecule has 1 saturated carbocycles. The number of nitrogens with one attached hydrogen (secondary N) is 1. The van der Waals surface area contributed by atoms with Crippen molar-refractivity contribution in [1.82, 2.24) is 5.32 Å². The second-order valence-electron chi connectivity index (χ2n) is 5.66. The monoisotopic (exact) mass is 276 g/mol. The summed E-state index contributed by atoms with van der Waals surface area (Å²) < 4.78 is 0. The van der Waals surface area contributed by atoms with Gasteiger partial charge in [-0.15, -0.1) is 0 Å². The van der Waals surface area contributed by atoms with Crippen LogP contribution >= 0.6 is 0 Å². The van der Waals surface area contributed by atoms with Gasteiger partial charge in [-0.1, -0.05) is 38.0 Å². The Balaban J connectivity index is 2.31. The van der Waals surface area contributed by atoms with Gasteiger partial charge in [0.1, 0.15) is 0 Å². The van der Waals surface area contributed by atoms with Gasteiger partial charge >= 0.3 is 0 Å². The van der Waals surface area contributed by atoms with Crippen molar-refractivity contribution < 1.29 is 5.11 Å². The van der Waals surface area contributed by atoms with Gasteiger partial charge in [-0.05, 0) is 37.9 Å². The van der Waals surface area contributed by atoms with Crippen molar-refractivity contribution in [2.24, 2.45) is 0 Å². The number of nitrogens with zero attached hydrogens (tertiary/aromatic N) is 1. The fourth-order valence-corrected chi connectivity index (χ4v) is 3.45. The van der Waals surface area contributed by atoms with Gasteiger partial charge in [0.25, 0.3) is 0 Å². The van der Waals surface area contributed by atoms with Crippen molar-refractivity contribution in [3.8, 4) is 0 Å². The third kappa shape index (κ3) is 3.33.